The highest BCUT2D eigenvalue weighted by Crippen LogP contribution is 2.19. The van der Waals surface area contributed by atoms with E-state index in [0.29, 0.717) is 17.0 Å². The molecule has 0 aliphatic carbocycles. The monoisotopic (exact) mass is 180 g/mol. The summed E-state index contributed by atoms with van der Waals surface area (Å²) in [4.78, 5) is 18.3. The molecule has 1 aliphatic heterocycles. The third-order valence-corrected chi connectivity index (χ3v) is 1.78. The molecule has 5 heteroatoms. The Balaban J connectivity index is 2.55. The fourth-order valence-electron chi connectivity index (χ4n) is 1.24. The number of rotatable bonds is 1. The summed E-state index contributed by atoms with van der Waals surface area (Å²) in [6.45, 7) is 0.288. The van der Waals surface area contributed by atoms with Gasteiger partial charge in [0.05, 0.1) is 5.56 Å². The van der Waals surface area contributed by atoms with Crippen LogP contribution < -0.4 is 10.3 Å². The van der Waals surface area contributed by atoms with Crippen LogP contribution in [-0.2, 0) is 4.84 Å². The first-order valence-corrected chi connectivity index (χ1v) is 3.78. The van der Waals surface area contributed by atoms with E-state index in [1.165, 1.54) is 7.11 Å². The fourth-order valence-corrected chi connectivity index (χ4v) is 1.24. The predicted octanol–water partition coefficient (Wildman–Crippen LogP) is 0.118. The van der Waals surface area contributed by atoms with E-state index in [1.807, 2.05) is 0 Å². The lowest BCUT2D eigenvalue weighted by Gasteiger charge is -1.93. The molecule has 1 aromatic rings. The standard InChI is InChI=1S/C8H8N2O3/c1-12-10-6-4-13-7-5(6)2-3-9-8(7)11/h2-3H,4H2,1H3,(H,9,11)/b10-6+. The van der Waals surface area contributed by atoms with Crippen LogP contribution in [0.3, 0.4) is 0 Å². The van der Waals surface area contributed by atoms with E-state index >= 15 is 0 Å². The second-order valence-corrected chi connectivity index (χ2v) is 2.56. The molecule has 1 N–H and O–H groups in total. The molecule has 1 aromatic heterocycles. The van der Waals surface area contributed by atoms with Crippen LogP contribution in [0.1, 0.15) is 5.56 Å². The van der Waals surface area contributed by atoms with Gasteiger partial charge in [0.25, 0.3) is 5.56 Å². The van der Waals surface area contributed by atoms with Gasteiger partial charge in [-0.2, -0.15) is 0 Å². The largest absolute Gasteiger partial charge is 0.481 e. The Morgan fingerprint density at radius 3 is 3.31 bits per heavy atom. The number of hydrogen-bond donors (Lipinski definition) is 1. The average Bonchev–Trinajstić information content (AvgIpc) is 2.51. The van der Waals surface area contributed by atoms with Crippen molar-refractivity contribution in [3.63, 3.8) is 0 Å². The lowest BCUT2D eigenvalue weighted by atomic mass is 10.2. The number of nitrogens with zero attached hydrogens (tertiary/aromatic N) is 1. The Labute approximate surface area is 74.0 Å². The Kier molecular flexibility index (Phi) is 1.77. The summed E-state index contributed by atoms with van der Waals surface area (Å²) >= 11 is 0. The van der Waals surface area contributed by atoms with Crippen molar-refractivity contribution in [2.75, 3.05) is 13.7 Å². The highest BCUT2D eigenvalue weighted by atomic mass is 16.6. The van der Waals surface area contributed by atoms with Gasteiger partial charge in [0.15, 0.2) is 5.75 Å². The zero-order valence-corrected chi connectivity index (χ0v) is 7.03. The quantitative estimate of drug-likeness (QED) is 0.624. The number of fused-ring (bicyclic) bond motifs is 1. The lowest BCUT2D eigenvalue weighted by molar-refractivity contribution is 0.211. The number of nitrogens with one attached hydrogen (secondary N) is 1. The van der Waals surface area contributed by atoms with Crippen molar-refractivity contribution >= 4 is 5.71 Å². The number of H-pyrrole nitrogens is 1. The van der Waals surface area contributed by atoms with E-state index in [9.17, 15) is 4.79 Å². The Hall–Kier alpha value is -1.78. The highest BCUT2D eigenvalue weighted by Gasteiger charge is 2.22. The molecule has 0 atom stereocenters. The summed E-state index contributed by atoms with van der Waals surface area (Å²) < 4.78 is 5.14. The zero-order chi connectivity index (χ0) is 9.26. The second kappa shape index (κ2) is 2.93. The Morgan fingerprint density at radius 1 is 1.69 bits per heavy atom. The molecule has 0 saturated heterocycles. The van der Waals surface area contributed by atoms with Crippen molar-refractivity contribution in [2.24, 2.45) is 5.16 Å². The number of ether oxygens (including phenoxy) is 1. The SMILES string of the molecule is CO/N=C1\COc2c1cc[nH]c2=O. The van der Waals surface area contributed by atoms with Gasteiger partial charge < -0.3 is 14.6 Å². The van der Waals surface area contributed by atoms with Crippen molar-refractivity contribution in [3.8, 4) is 5.75 Å². The summed E-state index contributed by atoms with van der Waals surface area (Å²) in [7, 11) is 1.46. The van der Waals surface area contributed by atoms with Crippen LogP contribution in [0.5, 0.6) is 5.75 Å². The first kappa shape index (κ1) is 7.85. The molecule has 0 bridgehead atoms. The molecule has 0 fully saturated rings. The smallest absolute Gasteiger partial charge is 0.290 e. The molecule has 5 nitrogen and oxygen atoms in total. The van der Waals surface area contributed by atoms with Gasteiger partial charge >= 0.3 is 0 Å². The maximum atomic E-state index is 11.2. The minimum Gasteiger partial charge on any atom is -0.481 e. The van der Waals surface area contributed by atoms with E-state index in [4.69, 9.17) is 4.74 Å². The van der Waals surface area contributed by atoms with E-state index < -0.39 is 0 Å². The van der Waals surface area contributed by atoms with Gasteiger partial charge in [0, 0.05) is 6.20 Å². The van der Waals surface area contributed by atoms with E-state index in [1.54, 1.807) is 12.3 Å². The summed E-state index contributed by atoms with van der Waals surface area (Å²) in [5.74, 6) is 0.318. The maximum Gasteiger partial charge on any atom is 0.290 e. The molecule has 0 saturated carbocycles. The Morgan fingerprint density at radius 2 is 2.54 bits per heavy atom. The molecule has 0 radical (unpaired) electrons. The van der Waals surface area contributed by atoms with Gasteiger partial charge in [-0.15, -0.1) is 0 Å². The van der Waals surface area contributed by atoms with E-state index in [2.05, 4.69) is 15.0 Å². The van der Waals surface area contributed by atoms with Crippen LogP contribution in [0, 0.1) is 0 Å². The van der Waals surface area contributed by atoms with E-state index in [0.717, 1.165) is 0 Å². The molecule has 0 amide bonds. The molecule has 13 heavy (non-hydrogen) atoms. The molecule has 0 unspecified atom stereocenters. The average molecular weight is 180 g/mol. The number of oxime groups is 1. The molecule has 2 heterocycles. The van der Waals surface area contributed by atoms with Gasteiger partial charge in [-0.3, -0.25) is 4.79 Å². The highest BCUT2D eigenvalue weighted by molar-refractivity contribution is 6.05. The second-order valence-electron chi connectivity index (χ2n) is 2.56. The van der Waals surface area contributed by atoms with Crippen LogP contribution in [-0.4, -0.2) is 24.4 Å². The molecular formula is C8H8N2O3. The van der Waals surface area contributed by atoms with Gasteiger partial charge in [0.1, 0.15) is 19.4 Å². The van der Waals surface area contributed by atoms with Crippen LogP contribution in [0.25, 0.3) is 0 Å². The third kappa shape index (κ3) is 1.18. The first-order valence-electron chi connectivity index (χ1n) is 3.78. The van der Waals surface area contributed by atoms with Crippen LogP contribution in [0.4, 0.5) is 0 Å². The van der Waals surface area contributed by atoms with Crippen LogP contribution >= 0.6 is 0 Å². The minimum atomic E-state index is -0.237. The van der Waals surface area contributed by atoms with Crippen molar-refractivity contribution < 1.29 is 9.57 Å². The van der Waals surface area contributed by atoms with Crippen LogP contribution in [0.2, 0.25) is 0 Å². The molecule has 68 valence electrons. The summed E-state index contributed by atoms with van der Waals surface area (Å²) in [6, 6.07) is 1.74. The van der Waals surface area contributed by atoms with Crippen molar-refractivity contribution in [3.05, 3.63) is 28.2 Å². The first-order chi connectivity index (χ1) is 6.33. The van der Waals surface area contributed by atoms with E-state index in [-0.39, 0.29) is 12.2 Å². The topological polar surface area (TPSA) is 63.7 Å². The van der Waals surface area contributed by atoms with Gasteiger partial charge in [-0.1, -0.05) is 5.16 Å². The third-order valence-electron chi connectivity index (χ3n) is 1.78. The Bertz CT molecular complexity index is 408. The van der Waals surface area contributed by atoms with Gasteiger partial charge in [0.2, 0.25) is 0 Å². The lowest BCUT2D eigenvalue weighted by Crippen LogP contribution is -2.06. The van der Waals surface area contributed by atoms with Crippen molar-refractivity contribution in [2.45, 2.75) is 0 Å². The number of aromatic amines is 1. The summed E-state index contributed by atoms with van der Waals surface area (Å²) in [5.41, 5.74) is 1.10. The number of hydrogen-bond acceptors (Lipinski definition) is 4. The maximum absolute atomic E-state index is 11.2. The zero-order valence-electron chi connectivity index (χ0n) is 7.03. The number of pyridine rings is 1. The molecule has 2 rings (SSSR count). The minimum absolute atomic E-state index is 0.237. The van der Waals surface area contributed by atoms with Crippen molar-refractivity contribution in [1.29, 1.82) is 0 Å². The van der Waals surface area contributed by atoms with Crippen molar-refractivity contribution in [1.82, 2.24) is 4.98 Å². The fraction of sp³-hybridized carbons (Fsp3) is 0.250. The van der Waals surface area contributed by atoms with Gasteiger partial charge in [-0.05, 0) is 6.07 Å². The molecular weight excluding hydrogens is 172 g/mol. The number of aromatic nitrogens is 1. The summed E-state index contributed by atoms with van der Waals surface area (Å²) in [6.07, 6.45) is 1.56. The van der Waals surface area contributed by atoms with Gasteiger partial charge in [-0.25, -0.2) is 0 Å². The normalized spacial score (nSPS) is 16.8. The van der Waals surface area contributed by atoms with Crippen LogP contribution in [0.15, 0.2) is 22.2 Å². The molecule has 1 aliphatic rings. The predicted molar refractivity (Wildman–Crippen MR) is 46.1 cm³/mol. The molecule has 0 spiro atoms. The summed E-state index contributed by atoms with van der Waals surface area (Å²) in [5, 5.41) is 3.74. The molecule has 0 aromatic carbocycles.